The Hall–Kier alpha value is -2.61. The van der Waals surface area contributed by atoms with Crippen LogP contribution in [0.5, 0.6) is 5.88 Å². The average molecular weight is 390 g/mol. The summed E-state index contributed by atoms with van der Waals surface area (Å²) in [6.45, 7) is 3.90. The van der Waals surface area contributed by atoms with E-state index in [0.29, 0.717) is 17.4 Å². The third-order valence-corrected chi connectivity index (χ3v) is 5.15. The van der Waals surface area contributed by atoms with Gasteiger partial charge in [-0.25, -0.2) is 9.50 Å². The number of fused-ring (bicyclic) bond motifs is 1. The second kappa shape index (κ2) is 7.43. The van der Waals surface area contributed by atoms with Crippen LogP contribution < -0.4 is 10.1 Å². The molecule has 148 valence electrons. The summed E-state index contributed by atoms with van der Waals surface area (Å²) in [5, 5.41) is 7.77. The van der Waals surface area contributed by atoms with Gasteiger partial charge in [-0.3, -0.25) is 0 Å². The lowest BCUT2D eigenvalue weighted by atomic mass is 9.95. The predicted octanol–water partition coefficient (Wildman–Crippen LogP) is 4.18. The fourth-order valence-corrected chi connectivity index (χ4v) is 3.62. The number of rotatable bonds is 4. The van der Waals surface area contributed by atoms with Crippen molar-refractivity contribution < 1.29 is 17.9 Å². The molecule has 3 heterocycles. The van der Waals surface area contributed by atoms with Gasteiger partial charge in [-0.15, -0.1) is 5.10 Å². The number of hydrogen-bond donors (Lipinski definition) is 1. The molecule has 1 aromatic carbocycles. The van der Waals surface area contributed by atoms with E-state index in [4.69, 9.17) is 4.74 Å². The molecule has 2 aromatic heterocycles. The lowest BCUT2D eigenvalue weighted by molar-refractivity contribution is -0.137. The van der Waals surface area contributed by atoms with Gasteiger partial charge in [-0.05, 0) is 38.4 Å². The van der Waals surface area contributed by atoms with Crippen molar-refractivity contribution in [1.82, 2.24) is 19.9 Å². The van der Waals surface area contributed by atoms with Gasteiger partial charge in [0.2, 0.25) is 5.88 Å². The van der Waals surface area contributed by atoms with E-state index in [1.54, 1.807) is 18.2 Å². The lowest BCUT2D eigenvalue weighted by Gasteiger charge is -2.28. The maximum atomic E-state index is 13.4. The summed E-state index contributed by atoms with van der Waals surface area (Å²) in [6, 6.07) is 8.84. The van der Waals surface area contributed by atoms with Crippen molar-refractivity contribution >= 4 is 5.65 Å². The van der Waals surface area contributed by atoms with Crippen molar-refractivity contribution in [2.75, 3.05) is 13.1 Å². The largest absolute Gasteiger partial charge is 0.473 e. The molecule has 1 aliphatic rings. The van der Waals surface area contributed by atoms with E-state index in [1.807, 2.05) is 6.92 Å². The highest BCUT2D eigenvalue weighted by Gasteiger charge is 2.34. The van der Waals surface area contributed by atoms with Crippen LogP contribution in [-0.4, -0.2) is 33.8 Å². The topological polar surface area (TPSA) is 51.5 Å². The molecular formula is C20H21F3N4O. The summed E-state index contributed by atoms with van der Waals surface area (Å²) in [7, 11) is 0. The first-order chi connectivity index (χ1) is 13.4. The van der Waals surface area contributed by atoms with Crippen molar-refractivity contribution in [3.8, 4) is 17.1 Å². The van der Waals surface area contributed by atoms with E-state index in [9.17, 15) is 13.2 Å². The van der Waals surface area contributed by atoms with Gasteiger partial charge in [-0.1, -0.05) is 18.2 Å². The summed E-state index contributed by atoms with van der Waals surface area (Å²) in [4.78, 5) is 4.20. The molecule has 3 aromatic rings. The lowest BCUT2D eigenvalue weighted by Crippen LogP contribution is -2.38. The molecule has 5 nitrogen and oxygen atoms in total. The first-order valence-corrected chi connectivity index (χ1v) is 9.32. The minimum atomic E-state index is -4.46. The van der Waals surface area contributed by atoms with Gasteiger partial charge in [0.25, 0.3) is 0 Å². The second-order valence-electron chi connectivity index (χ2n) is 7.06. The summed E-state index contributed by atoms with van der Waals surface area (Å²) in [5.74, 6) is 0.744. The molecule has 28 heavy (non-hydrogen) atoms. The number of piperidine rings is 1. The quantitative estimate of drug-likeness (QED) is 0.726. The van der Waals surface area contributed by atoms with E-state index >= 15 is 0 Å². The Morgan fingerprint density at radius 1 is 1.21 bits per heavy atom. The molecule has 0 aliphatic carbocycles. The van der Waals surface area contributed by atoms with Crippen LogP contribution in [0.4, 0.5) is 13.2 Å². The standard InChI is InChI=1S/C20H21F3N4O/c1-13(14-5-4-10-24-11-14)28-19-9-8-18-25-12-17(27(18)26-19)15-6-2-3-7-16(15)20(21,22)23/h2-3,6-9,12-14,24H,4-5,10-11H2,1H3. The first kappa shape index (κ1) is 18.7. The molecule has 0 bridgehead atoms. The van der Waals surface area contributed by atoms with Crippen molar-refractivity contribution in [2.45, 2.75) is 32.0 Å². The Bertz CT molecular complexity index is 963. The number of hydrogen-bond acceptors (Lipinski definition) is 4. The molecule has 1 saturated heterocycles. The minimum absolute atomic E-state index is 0.0386. The fraction of sp³-hybridized carbons (Fsp3) is 0.400. The molecular weight excluding hydrogens is 369 g/mol. The van der Waals surface area contributed by atoms with Crippen LogP contribution in [0.3, 0.4) is 0 Å². The third kappa shape index (κ3) is 3.69. The Morgan fingerprint density at radius 3 is 2.79 bits per heavy atom. The zero-order chi connectivity index (χ0) is 19.7. The third-order valence-electron chi connectivity index (χ3n) is 5.15. The fourth-order valence-electron chi connectivity index (χ4n) is 3.62. The SMILES string of the molecule is CC(Oc1ccc2ncc(-c3ccccc3C(F)(F)F)n2n1)C1CCCNC1. The van der Waals surface area contributed by atoms with E-state index in [-0.39, 0.29) is 17.4 Å². The summed E-state index contributed by atoms with van der Waals surface area (Å²) >= 11 is 0. The van der Waals surface area contributed by atoms with Crippen molar-refractivity contribution in [3.05, 3.63) is 48.2 Å². The maximum absolute atomic E-state index is 13.4. The Labute approximate surface area is 160 Å². The number of imidazole rings is 1. The van der Waals surface area contributed by atoms with Crippen LogP contribution in [0.15, 0.2) is 42.6 Å². The molecule has 0 spiro atoms. The number of aromatic nitrogens is 3. The van der Waals surface area contributed by atoms with Crippen molar-refractivity contribution in [1.29, 1.82) is 0 Å². The van der Waals surface area contributed by atoms with Gasteiger partial charge >= 0.3 is 6.18 Å². The number of ether oxygens (including phenoxy) is 1. The number of alkyl halides is 3. The van der Waals surface area contributed by atoms with E-state index < -0.39 is 11.7 Å². The molecule has 1 aliphatic heterocycles. The van der Waals surface area contributed by atoms with Gasteiger partial charge in [-0.2, -0.15) is 13.2 Å². The minimum Gasteiger partial charge on any atom is -0.473 e. The average Bonchev–Trinajstić information content (AvgIpc) is 3.11. The second-order valence-corrected chi connectivity index (χ2v) is 7.06. The molecule has 0 saturated carbocycles. The number of benzene rings is 1. The zero-order valence-corrected chi connectivity index (χ0v) is 15.4. The van der Waals surface area contributed by atoms with E-state index in [1.165, 1.54) is 22.8 Å². The van der Waals surface area contributed by atoms with Crippen LogP contribution >= 0.6 is 0 Å². The number of nitrogens with one attached hydrogen (secondary N) is 1. The first-order valence-electron chi connectivity index (χ1n) is 9.32. The van der Waals surface area contributed by atoms with Gasteiger partial charge in [0.05, 0.1) is 17.5 Å². The van der Waals surface area contributed by atoms with Crippen LogP contribution in [-0.2, 0) is 6.18 Å². The molecule has 0 amide bonds. The monoisotopic (exact) mass is 390 g/mol. The predicted molar refractivity (Wildman–Crippen MR) is 99.1 cm³/mol. The van der Waals surface area contributed by atoms with Crippen molar-refractivity contribution in [2.24, 2.45) is 5.92 Å². The van der Waals surface area contributed by atoms with Gasteiger partial charge in [0.1, 0.15) is 6.10 Å². The highest BCUT2D eigenvalue weighted by Crippen LogP contribution is 2.37. The van der Waals surface area contributed by atoms with Gasteiger partial charge in [0, 0.05) is 24.1 Å². The van der Waals surface area contributed by atoms with Gasteiger partial charge in [0.15, 0.2) is 5.65 Å². The summed E-state index contributed by atoms with van der Waals surface area (Å²) in [5.41, 5.74) is 0.0647. The number of nitrogens with zero attached hydrogens (tertiary/aromatic N) is 3. The van der Waals surface area contributed by atoms with Crippen LogP contribution in [0.1, 0.15) is 25.3 Å². The molecule has 2 unspecified atom stereocenters. The van der Waals surface area contributed by atoms with Crippen LogP contribution in [0, 0.1) is 5.92 Å². The summed E-state index contributed by atoms with van der Waals surface area (Å²) < 4.78 is 47.7. The Kier molecular flexibility index (Phi) is 4.97. The molecule has 0 radical (unpaired) electrons. The highest BCUT2D eigenvalue weighted by molar-refractivity contribution is 5.67. The molecule has 2 atom stereocenters. The molecule has 4 rings (SSSR count). The van der Waals surface area contributed by atoms with Crippen molar-refractivity contribution in [3.63, 3.8) is 0 Å². The van der Waals surface area contributed by atoms with Gasteiger partial charge < -0.3 is 10.1 Å². The zero-order valence-electron chi connectivity index (χ0n) is 15.4. The maximum Gasteiger partial charge on any atom is 0.417 e. The Balaban J connectivity index is 1.68. The summed E-state index contributed by atoms with van der Waals surface area (Å²) in [6.07, 6.45) is -0.925. The van der Waals surface area contributed by atoms with Crippen LogP contribution in [0.25, 0.3) is 16.9 Å². The molecule has 1 N–H and O–H groups in total. The number of halogens is 3. The molecule has 1 fully saturated rings. The highest BCUT2D eigenvalue weighted by atomic mass is 19.4. The normalized spacial score (nSPS) is 18.9. The van der Waals surface area contributed by atoms with E-state index in [2.05, 4.69) is 15.4 Å². The molecule has 8 heteroatoms. The van der Waals surface area contributed by atoms with Crippen LogP contribution in [0.2, 0.25) is 0 Å². The van der Waals surface area contributed by atoms with E-state index in [0.717, 1.165) is 32.0 Å². The smallest absolute Gasteiger partial charge is 0.417 e. The Morgan fingerprint density at radius 2 is 2.04 bits per heavy atom.